The highest BCUT2D eigenvalue weighted by Gasteiger charge is 2.31. The van der Waals surface area contributed by atoms with Gasteiger partial charge in [-0.3, -0.25) is 4.99 Å². The summed E-state index contributed by atoms with van der Waals surface area (Å²) in [5.74, 6) is 3.02. The number of ether oxygens (including phenoxy) is 3. The quantitative estimate of drug-likeness (QED) is 0.222. The Kier molecular flexibility index (Phi) is 13.0. The van der Waals surface area contributed by atoms with Crippen molar-refractivity contribution in [2.75, 3.05) is 47.6 Å². The molecule has 7 nitrogen and oxygen atoms in total. The van der Waals surface area contributed by atoms with Crippen LogP contribution in [0.5, 0.6) is 17.2 Å². The third-order valence-corrected chi connectivity index (χ3v) is 5.96. The SMILES string of the molecule is CCNC(=NCC1(CCO)CCCCC1)NCCc1c(OC)cc(OC)cc1OC.I. The summed E-state index contributed by atoms with van der Waals surface area (Å²) in [6, 6.07) is 3.75. The predicted molar refractivity (Wildman–Crippen MR) is 136 cm³/mol. The van der Waals surface area contributed by atoms with Crippen LogP contribution in [0.25, 0.3) is 0 Å². The lowest BCUT2D eigenvalue weighted by molar-refractivity contribution is 0.137. The molecule has 0 bridgehead atoms. The van der Waals surface area contributed by atoms with Crippen LogP contribution in [0.3, 0.4) is 0 Å². The minimum absolute atomic E-state index is 0. The van der Waals surface area contributed by atoms with Gasteiger partial charge in [0.1, 0.15) is 17.2 Å². The van der Waals surface area contributed by atoms with E-state index >= 15 is 0 Å². The first-order valence-electron chi connectivity index (χ1n) is 11.0. The number of hydrogen-bond acceptors (Lipinski definition) is 5. The molecule has 0 spiro atoms. The normalized spacial score (nSPS) is 15.6. The number of benzene rings is 1. The second-order valence-electron chi connectivity index (χ2n) is 7.92. The monoisotopic (exact) mass is 549 g/mol. The fourth-order valence-electron chi connectivity index (χ4n) is 4.24. The number of aliphatic hydroxyl groups excluding tert-OH is 1. The second-order valence-corrected chi connectivity index (χ2v) is 7.92. The summed E-state index contributed by atoms with van der Waals surface area (Å²) < 4.78 is 16.4. The molecule has 178 valence electrons. The molecule has 1 aromatic rings. The van der Waals surface area contributed by atoms with Crippen molar-refractivity contribution in [3.8, 4) is 17.2 Å². The molecular formula is C23H40IN3O4. The molecule has 0 atom stereocenters. The molecule has 0 saturated heterocycles. The maximum atomic E-state index is 9.54. The van der Waals surface area contributed by atoms with Gasteiger partial charge in [0.05, 0.1) is 21.3 Å². The van der Waals surface area contributed by atoms with Crippen molar-refractivity contribution in [1.82, 2.24) is 10.6 Å². The number of aliphatic hydroxyl groups is 1. The lowest BCUT2D eigenvalue weighted by Crippen LogP contribution is -2.40. The van der Waals surface area contributed by atoms with Crippen molar-refractivity contribution in [2.24, 2.45) is 10.4 Å². The zero-order chi connectivity index (χ0) is 21.8. The fourth-order valence-corrected chi connectivity index (χ4v) is 4.24. The van der Waals surface area contributed by atoms with Gasteiger partial charge in [-0.1, -0.05) is 19.3 Å². The summed E-state index contributed by atoms with van der Waals surface area (Å²) in [5.41, 5.74) is 1.13. The van der Waals surface area contributed by atoms with Crippen molar-refractivity contribution in [1.29, 1.82) is 0 Å². The van der Waals surface area contributed by atoms with Gasteiger partial charge in [0.25, 0.3) is 0 Å². The summed E-state index contributed by atoms with van der Waals surface area (Å²) in [6.45, 7) is 4.54. The Morgan fingerprint density at radius 2 is 1.68 bits per heavy atom. The summed E-state index contributed by atoms with van der Waals surface area (Å²) in [5, 5.41) is 16.3. The number of nitrogens with zero attached hydrogens (tertiary/aromatic N) is 1. The smallest absolute Gasteiger partial charge is 0.191 e. The van der Waals surface area contributed by atoms with E-state index in [2.05, 4.69) is 17.6 Å². The van der Waals surface area contributed by atoms with E-state index in [-0.39, 0.29) is 36.0 Å². The predicted octanol–water partition coefficient (Wildman–Crippen LogP) is 3.76. The number of hydrogen-bond donors (Lipinski definition) is 3. The van der Waals surface area contributed by atoms with Crippen molar-refractivity contribution in [3.05, 3.63) is 17.7 Å². The van der Waals surface area contributed by atoms with Gasteiger partial charge in [-0.15, -0.1) is 24.0 Å². The molecule has 1 aliphatic carbocycles. The van der Waals surface area contributed by atoms with Crippen LogP contribution in [0, 0.1) is 5.41 Å². The van der Waals surface area contributed by atoms with Gasteiger partial charge in [-0.25, -0.2) is 0 Å². The average molecular weight is 549 g/mol. The average Bonchev–Trinajstić information content (AvgIpc) is 2.78. The van der Waals surface area contributed by atoms with Crippen LogP contribution in [0.4, 0.5) is 0 Å². The maximum absolute atomic E-state index is 9.54. The molecule has 2 rings (SSSR count). The molecule has 0 heterocycles. The van der Waals surface area contributed by atoms with Crippen LogP contribution in [0.1, 0.15) is 51.0 Å². The molecule has 0 amide bonds. The summed E-state index contributed by atoms with van der Waals surface area (Å²) >= 11 is 0. The van der Waals surface area contributed by atoms with E-state index in [1.807, 2.05) is 12.1 Å². The summed E-state index contributed by atoms with van der Waals surface area (Å²) in [4.78, 5) is 4.87. The third kappa shape index (κ3) is 8.21. The van der Waals surface area contributed by atoms with E-state index in [1.54, 1.807) is 21.3 Å². The minimum Gasteiger partial charge on any atom is -0.496 e. The molecule has 0 aliphatic heterocycles. The minimum atomic E-state index is 0. The number of guanidine groups is 1. The second kappa shape index (κ2) is 14.6. The van der Waals surface area contributed by atoms with Crippen LogP contribution in [0.15, 0.2) is 17.1 Å². The standard InChI is InChI=1S/C23H39N3O4.HI/c1-5-24-22(26-17-23(12-14-27)10-7-6-8-11-23)25-13-9-19-20(29-3)15-18(28-2)16-21(19)30-4;/h15-16,27H,5-14,17H2,1-4H3,(H2,24,25,26);1H. The number of nitrogens with one attached hydrogen (secondary N) is 2. The maximum Gasteiger partial charge on any atom is 0.191 e. The van der Waals surface area contributed by atoms with E-state index < -0.39 is 0 Å². The number of methoxy groups -OCH3 is 3. The molecule has 1 aromatic carbocycles. The van der Waals surface area contributed by atoms with Gasteiger partial charge in [0.15, 0.2) is 5.96 Å². The number of aliphatic imine (C=N–C) groups is 1. The van der Waals surface area contributed by atoms with Crippen LogP contribution in [0.2, 0.25) is 0 Å². The molecule has 1 aliphatic rings. The highest BCUT2D eigenvalue weighted by Crippen LogP contribution is 2.39. The van der Waals surface area contributed by atoms with Gasteiger partial charge >= 0.3 is 0 Å². The van der Waals surface area contributed by atoms with Crippen molar-refractivity contribution < 1.29 is 19.3 Å². The highest BCUT2D eigenvalue weighted by atomic mass is 127. The van der Waals surface area contributed by atoms with Gasteiger partial charge in [0.2, 0.25) is 0 Å². The van der Waals surface area contributed by atoms with Crippen LogP contribution >= 0.6 is 24.0 Å². The Labute approximate surface area is 204 Å². The Morgan fingerprint density at radius 1 is 1.03 bits per heavy atom. The molecule has 8 heteroatoms. The third-order valence-electron chi connectivity index (χ3n) is 5.96. The zero-order valence-electron chi connectivity index (χ0n) is 19.5. The van der Waals surface area contributed by atoms with Crippen LogP contribution < -0.4 is 24.8 Å². The van der Waals surface area contributed by atoms with Crippen molar-refractivity contribution in [2.45, 2.75) is 51.9 Å². The lowest BCUT2D eigenvalue weighted by Gasteiger charge is -2.35. The number of rotatable bonds is 11. The Morgan fingerprint density at radius 3 is 2.19 bits per heavy atom. The van der Waals surface area contributed by atoms with E-state index in [0.717, 1.165) is 61.8 Å². The fraction of sp³-hybridized carbons (Fsp3) is 0.696. The Bertz CT molecular complexity index is 648. The van der Waals surface area contributed by atoms with Gasteiger partial charge in [0, 0.05) is 43.9 Å². The van der Waals surface area contributed by atoms with E-state index in [1.165, 1.54) is 19.3 Å². The first-order chi connectivity index (χ1) is 14.6. The molecule has 1 saturated carbocycles. The van der Waals surface area contributed by atoms with Crippen molar-refractivity contribution >= 4 is 29.9 Å². The molecule has 0 unspecified atom stereocenters. The van der Waals surface area contributed by atoms with E-state index in [4.69, 9.17) is 19.2 Å². The topological polar surface area (TPSA) is 84.3 Å². The largest absolute Gasteiger partial charge is 0.496 e. The van der Waals surface area contributed by atoms with E-state index in [9.17, 15) is 5.11 Å². The number of halogens is 1. The first-order valence-corrected chi connectivity index (χ1v) is 11.0. The molecular weight excluding hydrogens is 509 g/mol. The van der Waals surface area contributed by atoms with Crippen LogP contribution in [-0.2, 0) is 6.42 Å². The highest BCUT2D eigenvalue weighted by molar-refractivity contribution is 14.0. The molecule has 0 aromatic heterocycles. The lowest BCUT2D eigenvalue weighted by atomic mass is 9.72. The first kappa shape index (κ1) is 27.6. The van der Waals surface area contributed by atoms with Gasteiger partial charge in [-0.05, 0) is 38.0 Å². The Hall–Kier alpha value is -1.42. The summed E-state index contributed by atoms with van der Waals surface area (Å²) in [7, 11) is 4.94. The molecule has 3 N–H and O–H groups in total. The summed E-state index contributed by atoms with van der Waals surface area (Å²) in [6.07, 6.45) is 7.61. The van der Waals surface area contributed by atoms with Gasteiger partial charge in [-0.2, -0.15) is 0 Å². The van der Waals surface area contributed by atoms with Gasteiger partial charge < -0.3 is 30.0 Å². The Balaban J connectivity index is 0.00000480. The molecule has 0 radical (unpaired) electrons. The molecule has 31 heavy (non-hydrogen) atoms. The van der Waals surface area contributed by atoms with Crippen LogP contribution in [-0.4, -0.2) is 58.6 Å². The zero-order valence-corrected chi connectivity index (χ0v) is 21.8. The van der Waals surface area contributed by atoms with Crippen molar-refractivity contribution in [3.63, 3.8) is 0 Å². The van der Waals surface area contributed by atoms with E-state index in [0.29, 0.717) is 12.3 Å². The molecule has 1 fully saturated rings.